The van der Waals surface area contributed by atoms with Gasteiger partial charge in [0.25, 0.3) is 0 Å². The second-order valence-electron chi connectivity index (χ2n) is 5.43. The molecule has 0 radical (unpaired) electrons. The number of anilines is 1. The van der Waals surface area contributed by atoms with Crippen molar-refractivity contribution in [3.63, 3.8) is 0 Å². The Balaban J connectivity index is 1.99. The third-order valence-electron chi connectivity index (χ3n) is 3.49. The van der Waals surface area contributed by atoms with E-state index in [1.807, 2.05) is 13.0 Å². The quantitative estimate of drug-likeness (QED) is 0.709. The lowest BCUT2D eigenvalue weighted by molar-refractivity contribution is -0.136. The van der Waals surface area contributed by atoms with Crippen molar-refractivity contribution < 1.29 is 24.2 Å². The summed E-state index contributed by atoms with van der Waals surface area (Å²) >= 11 is 0. The van der Waals surface area contributed by atoms with E-state index in [2.05, 4.69) is 5.32 Å². The van der Waals surface area contributed by atoms with Crippen molar-refractivity contribution in [2.45, 2.75) is 13.3 Å². The first-order valence-electron chi connectivity index (χ1n) is 8.12. The van der Waals surface area contributed by atoms with Crippen LogP contribution in [0.5, 0.6) is 11.5 Å². The molecule has 0 bridgehead atoms. The third kappa shape index (κ3) is 5.66. The van der Waals surface area contributed by atoms with Crippen LogP contribution < -0.4 is 14.8 Å². The molecule has 6 heteroatoms. The van der Waals surface area contributed by atoms with Crippen LogP contribution in [0, 0.1) is 0 Å². The molecule has 2 aromatic carbocycles. The summed E-state index contributed by atoms with van der Waals surface area (Å²) in [5, 5.41) is 11.5. The summed E-state index contributed by atoms with van der Waals surface area (Å²) in [6, 6.07) is 12.1. The first-order valence-corrected chi connectivity index (χ1v) is 8.12. The van der Waals surface area contributed by atoms with Gasteiger partial charge in [0.1, 0.15) is 0 Å². The number of hydrogen-bond donors (Lipinski definition) is 2. The van der Waals surface area contributed by atoms with Crippen molar-refractivity contribution in [3.8, 4) is 11.5 Å². The molecule has 26 heavy (non-hydrogen) atoms. The minimum Gasteiger partial charge on any atom is -0.493 e. The number of ether oxygens (including phenoxy) is 2. The zero-order valence-electron chi connectivity index (χ0n) is 14.7. The maximum atomic E-state index is 12.0. The standard InChI is InChI=1S/C20H21NO5/c1-3-26-17-10-6-14(12-18(17)25-2)7-11-19(22)21-16-8-4-15(5-9-16)13-20(23)24/h4-12H,3,13H2,1-2H3,(H,21,22)(H,23,24)/b11-7+. The van der Waals surface area contributed by atoms with Crippen LogP contribution in [-0.4, -0.2) is 30.7 Å². The van der Waals surface area contributed by atoms with Crippen molar-refractivity contribution in [3.05, 3.63) is 59.7 Å². The molecule has 0 aliphatic rings. The minimum absolute atomic E-state index is 0.0479. The first-order chi connectivity index (χ1) is 12.5. The fourth-order valence-corrected chi connectivity index (χ4v) is 2.30. The van der Waals surface area contributed by atoms with Crippen LogP contribution in [0.15, 0.2) is 48.5 Å². The molecular formula is C20H21NO5. The highest BCUT2D eigenvalue weighted by atomic mass is 16.5. The SMILES string of the molecule is CCOc1ccc(/C=C/C(=O)Nc2ccc(CC(=O)O)cc2)cc1OC. The Morgan fingerprint density at radius 1 is 1.12 bits per heavy atom. The van der Waals surface area contributed by atoms with Crippen LogP contribution in [0.4, 0.5) is 5.69 Å². The van der Waals surface area contributed by atoms with Crippen LogP contribution in [0.3, 0.4) is 0 Å². The highest BCUT2D eigenvalue weighted by molar-refractivity contribution is 6.02. The maximum absolute atomic E-state index is 12.0. The van der Waals surface area contributed by atoms with Gasteiger partial charge in [-0.15, -0.1) is 0 Å². The minimum atomic E-state index is -0.893. The molecule has 0 heterocycles. The predicted molar refractivity (Wildman–Crippen MR) is 99.6 cm³/mol. The number of hydrogen-bond acceptors (Lipinski definition) is 4. The number of benzene rings is 2. The molecule has 1 amide bonds. The van der Waals surface area contributed by atoms with Gasteiger partial charge in [0.2, 0.25) is 5.91 Å². The molecule has 2 aromatic rings. The molecule has 0 spiro atoms. The number of carboxylic acids is 1. The fraction of sp³-hybridized carbons (Fsp3) is 0.200. The molecule has 0 saturated heterocycles. The van der Waals surface area contributed by atoms with Crippen LogP contribution in [0.2, 0.25) is 0 Å². The van der Waals surface area contributed by atoms with Gasteiger partial charge in [0.05, 0.1) is 20.1 Å². The summed E-state index contributed by atoms with van der Waals surface area (Å²) in [7, 11) is 1.56. The summed E-state index contributed by atoms with van der Waals surface area (Å²) in [6.07, 6.45) is 3.04. The van der Waals surface area contributed by atoms with E-state index in [4.69, 9.17) is 14.6 Å². The molecule has 0 fully saturated rings. The van der Waals surface area contributed by atoms with Gasteiger partial charge in [0.15, 0.2) is 11.5 Å². The number of amides is 1. The van der Waals surface area contributed by atoms with E-state index in [9.17, 15) is 9.59 Å². The summed E-state index contributed by atoms with van der Waals surface area (Å²) in [4.78, 5) is 22.7. The molecule has 0 aromatic heterocycles. The molecule has 0 unspecified atom stereocenters. The lowest BCUT2D eigenvalue weighted by atomic mass is 10.1. The van der Waals surface area contributed by atoms with Gasteiger partial charge < -0.3 is 19.9 Å². The molecule has 0 aliphatic heterocycles. The molecule has 6 nitrogen and oxygen atoms in total. The van der Waals surface area contributed by atoms with Crippen molar-refractivity contribution in [2.75, 3.05) is 19.0 Å². The van der Waals surface area contributed by atoms with E-state index < -0.39 is 5.97 Å². The zero-order valence-corrected chi connectivity index (χ0v) is 14.7. The van der Waals surface area contributed by atoms with E-state index in [0.29, 0.717) is 29.4 Å². The monoisotopic (exact) mass is 355 g/mol. The lowest BCUT2D eigenvalue weighted by Crippen LogP contribution is -2.08. The van der Waals surface area contributed by atoms with Gasteiger partial charge in [-0.25, -0.2) is 0 Å². The van der Waals surface area contributed by atoms with Gasteiger partial charge in [0, 0.05) is 11.8 Å². The summed E-state index contributed by atoms with van der Waals surface area (Å²) in [5.74, 6) is 0.0702. The average Bonchev–Trinajstić information content (AvgIpc) is 2.62. The van der Waals surface area contributed by atoms with Gasteiger partial charge in [-0.3, -0.25) is 9.59 Å². The summed E-state index contributed by atoms with van der Waals surface area (Å²) in [6.45, 7) is 2.44. The Bertz CT molecular complexity index is 796. The second kappa shape index (κ2) is 9.27. The summed E-state index contributed by atoms with van der Waals surface area (Å²) < 4.78 is 10.7. The predicted octanol–water partition coefficient (Wildman–Crippen LogP) is 3.37. The van der Waals surface area contributed by atoms with E-state index in [0.717, 1.165) is 5.56 Å². The van der Waals surface area contributed by atoms with Gasteiger partial charge in [-0.1, -0.05) is 18.2 Å². The van der Waals surface area contributed by atoms with Gasteiger partial charge >= 0.3 is 5.97 Å². The molecule has 0 atom stereocenters. The number of carbonyl (C=O) groups is 2. The highest BCUT2D eigenvalue weighted by Gasteiger charge is 2.05. The van der Waals surface area contributed by atoms with Crippen LogP contribution >= 0.6 is 0 Å². The van der Waals surface area contributed by atoms with Crippen molar-refractivity contribution in [1.29, 1.82) is 0 Å². The number of aliphatic carboxylic acids is 1. The molecular weight excluding hydrogens is 334 g/mol. The van der Waals surface area contributed by atoms with Crippen molar-refractivity contribution >= 4 is 23.6 Å². The second-order valence-corrected chi connectivity index (χ2v) is 5.43. The van der Waals surface area contributed by atoms with Crippen LogP contribution in [-0.2, 0) is 16.0 Å². The zero-order chi connectivity index (χ0) is 18.9. The van der Waals surface area contributed by atoms with Gasteiger partial charge in [-0.2, -0.15) is 0 Å². The smallest absolute Gasteiger partial charge is 0.307 e. The molecule has 2 rings (SSSR count). The Kier molecular flexibility index (Phi) is 6.79. The number of rotatable bonds is 8. The van der Waals surface area contributed by atoms with Crippen molar-refractivity contribution in [2.24, 2.45) is 0 Å². The highest BCUT2D eigenvalue weighted by Crippen LogP contribution is 2.28. The number of nitrogens with one attached hydrogen (secondary N) is 1. The average molecular weight is 355 g/mol. The van der Waals surface area contributed by atoms with E-state index in [-0.39, 0.29) is 12.3 Å². The topological polar surface area (TPSA) is 84.9 Å². The molecule has 2 N–H and O–H groups in total. The number of carbonyl (C=O) groups excluding carboxylic acids is 1. The van der Waals surface area contributed by atoms with Gasteiger partial charge in [-0.05, 0) is 48.4 Å². The maximum Gasteiger partial charge on any atom is 0.307 e. The van der Waals surface area contributed by atoms with E-state index >= 15 is 0 Å². The van der Waals surface area contributed by atoms with Crippen molar-refractivity contribution in [1.82, 2.24) is 0 Å². The number of carboxylic acid groups (broad SMARTS) is 1. The molecule has 136 valence electrons. The van der Waals surface area contributed by atoms with E-state index in [1.54, 1.807) is 49.6 Å². The lowest BCUT2D eigenvalue weighted by Gasteiger charge is -2.09. The Labute approximate surface area is 152 Å². The summed E-state index contributed by atoms with van der Waals surface area (Å²) in [5.41, 5.74) is 2.07. The largest absolute Gasteiger partial charge is 0.493 e. The normalized spacial score (nSPS) is 10.5. The number of methoxy groups -OCH3 is 1. The molecule has 0 aliphatic carbocycles. The molecule has 0 saturated carbocycles. The third-order valence-corrected chi connectivity index (χ3v) is 3.49. The van der Waals surface area contributed by atoms with E-state index in [1.165, 1.54) is 6.08 Å². The Morgan fingerprint density at radius 3 is 2.46 bits per heavy atom. The Hall–Kier alpha value is -3.28. The van der Waals surface area contributed by atoms with Crippen LogP contribution in [0.25, 0.3) is 6.08 Å². The fourth-order valence-electron chi connectivity index (χ4n) is 2.30. The van der Waals surface area contributed by atoms with Crippen LogP contribution in [0.1, 0.15) is 18.1 Å². The Morgan fingerprint density at radius 2 is 1.85 bits per heavy atom. The first kappa shape index (κ1) is 19.1.